The lowest BCUT2D eigenvalue weighted by Gasteiger charge is -2.24. The molecule has 4 N–H and O–H groups in total. The van der Waals surface area contributed by atoms with Gasteiger partial charge in [-0.1, -0.05) is 0 Å². The summed E-state index contributed by atoms with van der Waals surface area (Å²) in [6, 6.07) is 0. The van der Waals surface area contributed by atoms with E-state index in [4.69, 9.17) is 4.55 Å². The summed E-state index contributed by atoms with van der Waals surface area (Å²) in [7, 11) is -5.06. The van der Waals surface area contributed by atoms with E-state index in [0.29, 0.717) is 0 Å². The van der Waals surface area contributed by atoms with Gasteiger partial charge in [0.1, 0.15) is 12.4 Å². The van der Waals surface area contributed by atoms with Gasteiger partial charge in [0, 0.05) is 0 Å². The van der Waals surface area contributed by atoms with Crippen LogP contribution in [0, 0.1) is 0 Å². The maximum absolute atomic E-state index is 13.1. The standard InChI is InChI=1S/C9H12F8O3S.H3N/c10-1-3(11)5(13)7(15)9(17)8(16)6(14)4(12)2-21(18,19)20;/h3-9H,1-2H2,(H,18,19,20);1H3. The quantitative estimate of drug-likeness (QED) is 0.482. The molecule has 0 spiro atoms. The third kappa shape index (κ3) is 7.05. The first-order valence-electron chi connectivity index (χ1n) is 5.42. The SMILES string of the molecule is N.O=S(=O)(O)CC(F)C(F)C(F)C(F)C(F)C(F)C(F)CF. The molecule has 13 heteroatoms. The van der Waals surface area contributed by atoms with E-state index in [0.717, 1.165) is 0 Å². The lowest BCUT2D eigenvalue weighted by atomic mass is 10.0. The summed E-state index contributed by atoms with van der Waals surface area (Å²) < 4.78 is 131. The van der Waals surface area contributed by atoms with E-state index < -0.39 is 65.7 Å². The highest BCUT2D eigenvalue weighted by molar-refractivity contribution is 7.85. The minimum Gasteiger partial charge on any atom is -0.344 e. The first-order chi connectivity index (χ1) is 9.42. The largest absolute Gasteiger partial charge is 0.344 e. The van der Waals surface area contributed by atoms with Crippen LogP contribution in [0.4, 0.5) is 35.1 Å². The van der Waals surface area contributed by atoms with Crippen molar-refractivity contribution >= 4 is 10.1 Å². The Labute approximate surface area is 121 Å². The highest BCUT2D eigenvalue weighted by Gasteiger charge is 2.46. The van der Waals surface area contributed by atoms with Crippen molar-refractivity contribution in [1.82, 2.24) is 6.15 Å². The minimum atomic E-state index is -5.06. The first kappa shape index (κ1) is 23.6. The summed E-state index contributed by atoms with van der Waals surface area (Å²) in [5.74, 6) is -1.94. The Morgan fingerprint density at radius 1 is 0.727 bits per heavy atom. The lowest BCUT2D eigenvalue weighted by Crippen LogP contribution is -2.46. The summed E-state index contributed by atoms with van der Waals surface area (Å²) >= 11 is 0. The van der Waals surface area contributed by atoms with Gasteiger partial charge in [-0.3, -0.25) is 4.55 Å². The number of hydrogen-bond donors (Lipinski definition) is 2. The summed E-state index contributed by atoms with van der Waals surface area (Å²) in [6.07, 6.45) is -24.4. The summed E-state index contributed by atoms with van der Waals surface area (Å²) in [6.45, 7) is -2.04. The normalized spacial score (nSPS) is 21.9. The molecular weight excluding hydrogens is 354 g/mol. The molecule has 0 amide bonds. The molecule has 0 aromatic carbocycles. The minimum absolute atomic E-state index is 0. The predicted octanol–water partition coefficient (Wildman–Crippen LogP) is 2.37. The highest BCUT2D eigenvalue weighted by Crippen LogP contribution is 2.26. The van der Waals surface area contributed by atoms with Gasteiger partial charge in [-0.25, -0.2) is 35.1 Å². The molecule has 22 heavy (non-hydrogen) atoms. The van der Waals surface area contributed by atoms with Crippen molar-refractivity contribution in [3.05, 3.63) is 0 Å². The molecule has 0 aliphatic rings. The molecule has 136 valence electrons. The van der Waals surface area contributed by atoms with E-state index in [1.807, 2.05) is 0 Å². The van der Waals surface area contributed by atoms with Gasteiger partial charge in [0.15, 0.2) is 43.2 Å². The number of rotatable bonds is 9. The molecule has 7 unspecified atom stereocenters. The van der Waals surface area contributed by atoms with E-state index in [9.17, 15) is 43.5 Å². The van der Waals surface area contributed by atoms with Crippen LogP contribution in [-0.4, -0.2) is 68.6 Å². The summed E-state index contributed by atoms with van der Waals surface area (Å²) in [5, 5.41) is 0. The van der Waals surface area contributed by atoms with Gasteiger partial charge in [0.2, 0.25) is 0 Å². The van der Waals surface area contributed by atoms with Crippen LogP contribution in [0.3, 0.4) is 0 Å². The second kappa shape index (κ2) is 9.45. The topological polar surface area (TPSA) is 89.4 Å². The molecule has 0 rings (SSSR count). The number of hydrogen-bond acceptors (Lipinski definition) is 3. The fourth-order valence-corrected chi connectivity index (χ4v) is 1.89. The Morgan fingerprint density at radius 2 is 1.05 bits per heavy atom. The van der Waals surface area contributed by atoms with Crippen LogP contribution in [-0.2, 0) is 10.1 Å². The monoisotopic (exact) mass is 369 g/mol. The van der Waals surface area contributed by atoms with Crippen LogP contribution in [0.5, 0.6) is 0 Å². The van der Waals surface area contributed by atoms with E-state index in [1.165, 1.54) is 0 Å². The van der Waals surface area contributed by atoms with Gasteiger partial charge in [0.25, 0.3) is 10.1 Å². The molecule has 0 aromatic heterocycles. The Balaban J connectivity index is 0. The van der Waals surface area contributed by atoms with Crippen molar-refractivity contribution < 1.29 is 48.1 Å². The van der Waals surface area contributed by atoms with Crippen molar-refractivity contribution in [1.29, 1.82) is 0 Å². The van der Waals surface area contributed by atoms with Crippen LogP contribution >= 0.6 is 0 Å². The number of alkyl halides is 8. The van der Waals surface area contributed by atoms with Gasteiger partial charge >= 0.3 is 0 Å². The zero-order valence-electron chi connectivity index (χ0n) is 10.9. The Kier molecular flexibility index (Phi) is 10.1. The van der Waals surface area contributed by atoms with Crippen LogP contribution in [0.15, 0.2) is 0 Å². The lowest BCUT2D eigenvalue weighted by molar-refractivity contribution is -0.0351. The smallest absolute Gasteiger partial charge is 0.267 e. The van der Waals surface area contributed by atoms with Crippen molar-refractivity contribution in [2.45, 2.75) is 43.2 Å². The highest BCUT2D eigenvalue weighted by atomic mass is 32.2. The maximum atomic E-state index is 13.1. The van der Waals surface area contributed by atoms with Gasteiger partial charge in [0.05, 0.1) is 0 Å². The second-order valence-corrected chi connectivity index (χ2v) is 5.65. The van der Waals surface area contributed by atoms with E-state index >= 15 is 0 Å². The molecule has 0 bridgehead atoms. The molecule has 4 nitrogen and oxygen atoms in total. The third-order valence-corrected chi connectivity index (χ3v) is 3.16. The average molecular weight is 369 g/mol. The van der Waals surface area contributed by atoms with E-state index in [1.54, 1.807) is 0 Å². The zero-order valence-corrected chi connectivity index (χ0v) is 11.7. The molecular formula is C9H15F8NO3S. The molecule has 7 atom stereocenters. The van der Waals surface area contributed by atoms with Crippen LogP contribution in [0.2, 0.25) is 0 Å². The van der Waals surface area contributed by atoms with E-state index in [2.05, 4.69) is 0 Å². The number of halogens is 8. The van der Waals surface area contributed by atoms with Crippen molar-refractivity contribution in [2.75, 3.05) is 12.4 Å². The van der Waals surface area contributed by atoms with Crippen LogP contribution in [0.25, 0.3) is 0 Å². The Morgan fingerprint density at radius 3 is 1.36 bits per heavy atom. The summed E-state index contributed by atoms with van der Waals surface area (Å²) in [5.41, 5.74) is 0. The molecule has 0 saturated heterocycles. The fraction of sp³-hybridized carbons (Fsp3) is 1.00. The third-order valence-electron chi connectivity index (χ3n) is 2.43. The van der Waals surface area contributed by atoms with Gasteiger partial charge in [-0.2, -0.15) is 8.42 Å². The molecule has 0 aliphatic carbocycles. The molecule has 0 fully saturated rings. The fourth-order valence-electron chi connectivity index (χ4n) is 1.30. The second-order valence-electron chi connectivity index (χ2n) is 4.16. The Hall–Kier alpha value is -0.690. The van der Waals surface area contributed by atoms with Gasteiger partial charge in [-0.15, -0.1) is 0 Å². The molecule has 0 aliphatic heterocycles. The summed E-state index contributed by atoms with van der Waals surface area (Å²) in [4.78, 5) is 0. The van der Waals surface area contributed by atoms with Crippen molar-refractivity contribution in [2.24, 2.45) is 0 Å². The predicted molar refractivity (Wildman–Crippen MR) is 61.7 cm³/mol. The van der Waals surface area contributed by atoms with Gasteiger partial charge in [-0.05, 0) is 0 Å². The molecule has 0 radical (unpaired) electrons. The van der Waals surface area contributed by atoms with Crippen LogP contribution in [0.1, 0.15) is 0 Å². The molecule has 0 heterocycles. The van der Waals surface area contributed by atoms with Gasteiger partial charge < -0.3 is 6.15 Å². The van der Waals surface area contributed by atoms with Crippen LogP contribution < -0.4 is 6.15 Å². The molecule has 0 saturated carbocycles. The van der Waals surface area contributed by atoms with E-state index in [-0.39, 0.29) is 6.15 Å². The Bertz CT molecular complexity index is 414. The zero-order chi connectivity index (χ0) is 17.0. The average Bonchev–Trinajstić information content (AvgIpc) is 2.40. The van der Waals surface area contributed by atoms with Crippen molar-refractivity contribution in [3.63, 3.8) is 0 Å². The van der Waals surface area contributed by atoms with Crippen molar-refractivity contribution in [3.8, 4) is 0 Å². The first-order valence-corrected chi connectivity index (χ1v) is 7.03. The maximum Gasteiger partial charge on any atom is 0.267 e. The molecule has 0 aromatic rings.